The second-order valence-electron chi connectivity index (χ2n) is 11.9. The number of allylic oxidation sites excluding steroid dienone is 2. The van der Waals surface area contributed by atoms with E-state index in [0.717, 1.165) is 0 Å². The van der Waals surface area contributed by atoms with Crippen LogP contribution in [0.5, 0.6) is 0 Å². The highest BCUT2D eigenvalue weighted by atomic mass is 14.4. The minimum Gasteiger partial charge on any atom is -0.0682 e. The van der Waals surface area contributed by atoms with Crippen molar-refractivity contribution in [2.45, 2.75) is 65.7 Å². The third kappa shape index (κ3) is 2.68. The first-order valence-electron chi connectivity index (χ1n) is 12.1. The maximum atomic E-state index is 2.60. The molecule has 0 heteroatoms. The Hall–Kier alpha value is -2.60. The molecule has 1 atom stereocenters. The third-order valence-corrected chi connectivity index (χ3v) is 7.75. The van der Waals surface area contributed by atoms with Crippen molar-refractivity contribution >= 4 is 5.57 Å². The van der Waals surface area contributed by atoms with Gasteiger partial charge in [-0.15, -0.1) is 0 Å². The summed E-state index contributed by atoms with van der Waals surface area (Å²) in [4.78, 5) is 0. The molecule has 3 aromatic rings. The summed E-state index contributed by atoms with van der Waals surface area (Å²) in [5.74, 6) is 0.349. The van der Waals surface area contributed by atoms with Gasteiger partial charge in [-0.25, -0.2) is 0 Å². The molecule has 3 aromatic carbocycles. The summed E-state index contributed by atoms with van der Waals surface area (Å²) in [6.45, 7) is 14.3. The lowest BCUT2D eigenvalue weighted by atomic mass is 9.67. The van der Waals surface area contributed by atoms with Gasteiger partial charge in [0.2, 0.25) is 0 Å². The van der Waals surface area contributed by atoms with E-state index in [4.69, 9.17) is 0 Å². The lowest BCUT2D eigenvalue weighted by molar-refractivity contribution is 0.567. The highest BCUT2D eigenvalue weighted by molar-refractivity contribution is 5.89. The van der Waals surface area contributed by atoms with Crippen LogP contribution in [0.2, 0.25) is 0 Å². The Morgan fingerprint density at radius 3 is 2.03 bits per heavy atom. The Morgan fingerprint density at radius 1 is 0.719 bits per heavy atom. The smallest absolute Gasteiger partial charge is 0.0287 e. The minimum atomic E-state index is 0.0720. The van der Waals surface area contributed by atoms with Crippen LogP contribution in [0.15, 0.2) is 54.6 Å². The number of hydrogen-bond donors (Lipinski definition) is 0. The monoisotopic (exact) mass is 417 g/mol. The van der Waals surface area contributed by atoms with Crippen LogP contribution in [0.25, 0.3) is 16.7 Å². The maximum absolute atomic E-state index is 2.60. The van der Waals surface area contributed by atoms with Crippen LogP contribution in [-0.2, 0) is 18.3 Å². The van der Waals surface area contributed by atoms with Gasteiger partial charge in [-0.3, -0.25) is 0 Å². The molecule has 32 heavy (non-hydrogen) atoms. The molecular weight excluding hydrogens is 384 g/mol. The molecular formula is C32H33. The molecule has 1 radical (unpaired) electrons. The molecule has 3 aliphatic rings. The largest absolute Gasteiger partial charge is 0.0682 e. The van der Waals surface area contributed by atoms with Gasteiger partial charge in [-0.1, -0.05) is 96.1 Å². The first-order chi connectivity index (χ1) is 15.2. The molecule has 6 rings (SSSR count). The van der Waals surface area contributed by atoms with E-state index in [1.807, 2.05) is 0 Å². The number of rotatable bonds is 1. The van der Waals surface area contributed by atoms with Gasteiger partial charge in [0.15, 0.2) is 0 Å². The Morgan fingerprint density at radius 2 is 1.38 bits per heavy atom. The molecule has 1 unspecified atom stereocenters. The molecule has 3 aliphatic carbocycles. The molecule has 0 amide bonds. The van der Waals surface area contributed by atoms with Crippen LogP contribution in [0.4, 0.5) is 0 Å². The van der Waals surface area contributed by atoms with Crippen molar-refractivity contribution in [2.24, 2.45) is 5.41 Å². The summed E-state index contributed by atoms with van der Waals surface area (Å²) in [5.41, 5.74) is 16.9. The van der Waals surface area contributed by atoms with E-state index in [1.165, 1.54) is 51.8 Å². The van der Waals surface area contributed by atoms with Crippen molar-refractivity contribution in [3.63, 3.8) is 0 Å². The normalized spacial score (nSPS) is 18.4. The third-order valence-electron chi connectivity index (χ3n) is 7.75. The van der Waals surface area contributed by atoms with E-state index in [-0.39, 0.29) is 10.8 Å². The van der Waals surface area contributed by atoms with E-state index >= 15 is 0 Å². The number of hydrogen-bond acceptors (Lipinski definition) is 0. The van der Waals surface area contributed by atoms with Gasteiger partial charge in [-0.2, -0.15) is 0 Å². The lowest BCUT2D eigenvalue weighted by Gasteiger charge is -2.37. The highest BCUT2D eigenvalue weighted by Crippen LogP contribution is 2.56. The van der Waals surface area contributed by atoms with Crippen LogP contribution >= 0.6 is 0 Å². The Bertz CT molecular complexity index is 1300. The predicted molar refractivity (Wildman–Crippen MR) is 136 cm³/mol. The summed E-state index contributed by atoms with van der Waals surface area (Å²) in [6.07, 6.45) is 7.48. The fourth-order valence-electron chi connectivity index (χ4n) is 6.36. The molecule has 0 bridgehead atoms. The average molecular weight is 418 g/mol. The molecule has 0 aliphatic heterocycles. The van der Waals surface area contributed by atoms with Gasteiger partial charge in [0, 0.05) is 12.3 Å². The zero-order valence-electron chi connectivity index (χ0n) is 20.3. The van der Waals surface area contributed by atoms with Crippen molar-refractivity contribution in [2.75, 3.05) is 0 Å². The van der Waals surface area contributed by atoms with Gasteiger partial charge < -0.3 is 0 Å². The van der Waals surface area contributed by atoms with Gasteiger partial charge in [-0.05, 0) is 84.9 Å². The first kappa shape index (κ1) is 20.0. The molecule has 0 saturated heterocycles. The molecule has 0 spiro atoms. The van der Waals surface area contributed by atoms with Gasteiger partial charge >= 0.3 is 0 Å². The number of benzene rings is 3. The zero-order valence-corrected chi connectivity index (χ0v) is 20.3. The van der Waals surface area contributed by atoms with Gasteiger partial charge in [0.25, 0.3) is 0 Å². The topological polar surface area (TPSA) is 0 Å². The van der Waals surface area contributed by atoms with Crippen molar-refractivity contribution in [1.82, 2.24) is 0 Å². The molecule has 0 saturated carbocycles. The van der Waals surface area contributed by atoms with Crippen molar-refractivity contribution in [3.8, 4) is 11.1 Å². The Kier molecular flexibility index (Phi) is 4.05. The van der Waals surface area contributed by atoms with Crippen molar-refractivity contribution in [3.05, 3.63) is 106 Å². The van der Waals surface area contributed by atoms with Crippen LogP contribution in [0.3, 0.4) is 0 Å². The molecule has 0 nitrogen and oxygen atoms in total. The fraction of sp³-hybridized carbons (Fsp3) is 0.344. The number of fused-ring (bicyclic) bond motifs is 6. The molecule has 161 valence electrons. The maximum Gasteiger partial charge on any atom is 0.0287 e. The van der Waals surface area contributed by atoms with Crippen LogP contribution in [-0.4, -0.2) is 0 Å². The Labute approximate surface area is 193 Å². The van der Waals surface area contributed by atoms with E-state index in [1.54, 1.807) is 22.3 Å². The molecule has 0 fully saturated rings. The summed E-state index contributed by atoms with van der Waals surface area (Å²) in [6, 6.07) is 18.1. The second-order valence-corrected chi connectivity index (χ2v) is 11.9. The summed E-state index contributed by atoms with van der Waals surface area (Å²) >= 11 is 0. The fourth-order valence-corrected chi connectivity index (χ4v) is 6.36. The van der Waals surface area contributed by atoms with Crippen LogP contribution in [0.1, 0.15) is 92.0 Å². The summed E-state index contributed by atoms with van der Waals surface area (Å²) in [5, 5.41) is 0. The predicted octanol–water partition coefficient (Wildman–Crippen LogP) is 8.24. The average Bonchev–Trinajstić information content (AvgIpc) is 3.25. The first-order valence-corrected chi connectivity index (χ1v) is 12.1. The zero-order chi connectivity index (χ0) is 22.4. The molecule has 0 aromatic heterocycles. The van der Waals surface area contributed by atoms with E-state index in [0.29, 0.717) is 5.92 Å². The van der Waals surface area contributed by atoms with Crippen molar-refractivity contribution in [1.29, 1.82) is 0 Å². The van der Waals surface area contributed by atoms with E-state index in [2.05, 4.69) is 103 Å². The van der Waals surface area contributed by atoms with Gasteiger partial charge in [0.1, 0.15) is 0 Å². The molecule has 0 N–H and O–H groups in total. The minimum absolute atomic E-state index is 0.0720. The Balaban J connectivity index is 1.70. The summed E-state index contributed by atoms with van der Waals surface area (Å²) < 4.78 is 0. The summed E-state index contributed by atoms with van der Waals surface area (Å²) in [7, 11) is 0. The molecule has 0 heterocycles. The van der Waals surface area contributed by atoms with E-state index in [9.17, 15) is 0 Å². The second kappa shape index (κ2) is 6.47. The van der Waals surface area contributed by atoms with E-state index < -0.39 is 0 Å². The highest BCUT2D eigenvalue weighted by Gasteiger charge is 2.41. The standard InChI is InChI=1S/C32H33/c1-31(2,3)27-18-26(21-13-9-10-14-23(21)27)29-24-16-15-22(24)25-17-19-11-7-8-12-20(19)28(25)30(29)32(4,5)6/h7-14,17-18,26H,15-16H2,1-6H3. The van der Waals surface area contributed by atoms with Gasteiger partial charge in [0.05, 0.1) is 0 Å². The van der Waals surface area contributed by atoms with Crippen molar-refractivity contribution < 1.29 is 0 Å². The SMILES string of the molecule is CC(C)(C)C1=CC(c2c3c(c4c(c2C(C)(C)C)-c2ccccc2[CH]4)CC3)c2ccccc21. The van der Waals surface area contributed by atoms with Crippen LogP contribution < -0.4 is 0 Å². The van der Waals surface area contributed by atoms with Crippen LogP contribution in [0, 0.1) is 11.8 Å². The quantitative estimate of drug-likeness (QED) is 0.292. The lowest BCUT2D eigenvalue weighted by Crippen LogP contribution is -2.25.